The fourth-order valence-corrected chi connectivity index (χ4v) is 3.25. The summed E-state index contributed by atoms with van der Waals surface area (Å²) in [5, 5.41) is 3.34. The molecule has 1 atom stereocenters. The molecule has 0 spiro atoms. The van der Waals surface area contributed by atoms with Crippen LogP contribution in [0, 0.1) is 12.7 Å². The third-order valence-corrected chi connectivity index (χ3v) is 5.26. The molecule has 0 bridgehead atoms. The highest BCUT2D eigenvalue weighted by Crippen LogP contribution is 2.30. The fourth-order valence-electron chi connectivity index (χ4n) is 3.25. The van der Waals surface area contributed by atoms with Gasteiger partial charge in [0.1, 0.15) is 28.7 Å². The molecule has 32 heavy (non-hydrogen) atoms. The molecule has 1 aromatic carbocycles. The molecule has 0 aliphatic heterocycles. The van der Waals surface area contributed by atoms with Gasteiger partial charge in [-0.05, 0) is 33.8 Å². The first-order valence-corrected chi connectivity index (χ1v) is 10.0. The summed E-state index contributed by atoms with van der Waals surface area (Å²) in [7, 11) is 1.59. The lowest BCUT2D eigenvalue weighted by Gasteiger charge is -2.21. The van der Waals surface area contributed by atoms with Crippen LogP contribution in [0.2, 0.25) is 0 Å². The second kappa shape index (κ2) is 8.97. The Morgan fingerprint density at radius 1 is 1.16 bits per heavy atom. The molecule has 0 radical (unpaired) electrons. The molecule has 1 amide bonds. The molecule has 10 heteroatoms. The summed E-state index contributed by atoms with van der Waals surface area (Å²) in [6.07, 6.45) is -2.94. The third-order valence-electron chi connectivity index (χ3n) is 5.26. The van der Waals surface area contributed by atoms with Gasteiger partial charge >= 0.3 is 0 Å². The first kappa shape index (κ1) is 23.2. The highest BCUT2D eigenvalue weighted by Gasteiger charge is 2.22. The van der Waals surface area contributed by atoms with Crippen molar-refractivity contribution in [2.24, 2.45) is 0 Å². The van der Waals surface area contributed by atoms with Crippen LogP contribution >= 0.6 is 0 Å². The summed E-state index contributed by atoms with van der Waals surface area (Å²) >= 11 is 0. The molecule has 0 aliphatic rings. The number of nitrogens with zero attached hydrogens (tertiary/aromatic N) is 3. The van der Waals surface area contributed by atoms with Crippen molar-refractivity contribution in [3.05, 3.63) is 63.0 Å². The van der Waals surface area contributed by atoms with Crippen LogP contribution in [0.3, 0.4) is 0 Å². The number of hydrogen-bond acceptors (Lipinski definition) is 5. The van der Waals surface area contributed by atoms with Crippen LogP contribution in [0.1, 0.15) is 60.5 Å². The molecule has 2 N–H and O–H groups in total. The molecular weight excluding hydrogens is 423 g/mol. The number of alkyl halides is 2. The maximum absolute atomic E-state index is 14.6. The number of anilines is 1. The number of nitrogens with one attached hydrogen (secondary N) is 2. The van der Waals surface area contributed by atoms with E-state index in [1.54, 1.807) is 20.9 Å². The molecule has 2 heterocycles. The van der Waals surface area contributed by atoms with Gasteiger partial charge in [-0.15, -0.1) is 0 Å². The molecule has 3 rings (SSSR count). The lowest BCUT2D eigenvalue weighted by molar-refractivity contribution is 0.0753. The molecule has 0 unspecified atom stereocenters. The molecule has 0 fully saturated rings. The van der Waals surface area contributed by atoms with Gasteiger partial charge in [0.2, 0.25) is 0 Å². The minimum atomic E-state index is -2.94. The molecule has 3 aromatic rings. The Labute approximate surface area is 182 Å². The number of carbonyl (C=O) groups is 1. The number of benzene rings is 1. The van der Waals surface area contributed by atoms with E-state index in [4.69, 9.17) is 0 Å². The monoisotopic (exact) mass is 447 g/mol. The van der Waals surface area contributed by atoms with Crippen LogP contribution in [-0.2, 0) is 0 Å². The van der Waals surface area contributed by atoms with Gasteiger partial charge in [-0.2, -0.15) is 0 Å². The topological polar surface area (TPSA) is 91.0 Å². The number of rotatable bonds is 6. The highest BCUT2D eigenvalue weighted by atomic mass is 19.3. The number of fused-ring (bicyclic) bond motifs is 1. The number of pyridine rings is 1. The van der Waals surface area contributed by atoms with Gasteiger partial charge in [-0.1, -0.05) is 18.2 Å². The maximum atomic E-state index is 14.6. The molecule has 7 nitrogen and oxygen atoms in total. The zero-order valence-electron chi connectivity index (χ0n) is 18.3. The van der Waals surface area contributed by atoms with Crippen molar-refractivity contribution in [2.75, 3.05) is 12.4 Å². The van der Waals surface area contributed by atoms with Gasteiger partial charge < -0.3 is 15.2 Å². The smallest absolute Gasteiger partial charge is 0.266 e. The normalized spacial score (nSPS) is 12.4. The number of aryl methyl sites for hydroxylation is 1. The van der Waals surface area contributed by atoms with Crippen molar-refractivity contribution in [1.82, 2.24) is 19.9 Å². The summed E-state index contributed by atoms with van der Waals surface area (Å²) in [6.45, 7) is 6.84. The number of aromatic amines is 1. The van der Waals surface area contributed by atoms with E-state index in [0.717, 1.165) is 6.07 Å². The van der Waals surface area contributed by atoms with Gasteiger partial charge in [-0.25, -0.2) is 23.1 Å². The second-order valence-corrected chi connectivity index (χ2v) is 7.82. The number of hydrogen-bond donors (Lipinski definition) is 2. The Morgan fingerprint density at radius 2 is 1.81 bits per heavy atom. The number of amides is 1. The quantitative estimate of drug-likeness (QED) is 0.586. The molecule has 170 valence electrons. The summed E-state index contributed by atoms with van der Waals surface area (Å²) in [4.78, 5) is 37.8. The van der Waals surface area contributed by atoms with Crippen LogP contribution in [0.25, 0.3) is 11.0 Å². The zero-order valence-corrected chi connectivity index (χ0v) is 18.3. The Kier molecular flexibility index (Phi) is 6.52. The van der Waals surface area contributed by atoms with E-state index < -0.39 is 35.3 Å². The zero-order chi connectivity index (χ0) is 23.7. The Bertz CT molecular complexity index is 1230. The van der Waals surface area contributed by atoms with E-state index in [1.807, 2.05) is 13.8 Å². The Hall–Kier alpha value is -3.43. The van der Waals surface area contributed by atoms with Crippen molar-refractivity contribution in [3.8, 4) is 0 Å². The van der Waals surface area contributed by atoms with E-state index in [9.17, 15) is 22.8 Å². The first-order chi connectivity index (χ1) is 15.0. The SMILES string of the molecule is Cc1nc(N[C@H](C)c2cccc(C(F)F)c2F)c2cc(C(=O)N(C)C(C)C)c(=O)[nH]c2n1. The van der Waals surface area contributed by atoms with Gasteiger partial charge in [0.25, 0.3) is 17.9 Å². The van der Waals surface area contributed by atoms with Gasteiger partial charge in [0.05, 0.1) is 17.0 Å². The number of carbonyl (C=O) groups excluding carboxylic acids is 1. The average Bonchev–Trinajstić information content (AvgIpc) is 2.71. The standard InChI is InChI=1S/C22H24F3N5O2/c1-10(2)30(5)22(32)16-9-15-19(27-12(4)28-20(15)29-21(16)31)26-11(3)13-7-6-8-14(17(13)23)18(24)25/h6-11,18H,1-5H3,(H2,26,27,28,29,31)/t11-/m1/s1. The average molecular weight is 447 g/mol. The minimum Gasteiger partial charge on any atom is -0.363 e. The van der Waals surface area contributed by atoms with Gasteiger partial charge in [0, 0.05) is 18.7 Å². The molecule has 0 aliphatic carbocycles. The van der Waals surface area contributed by atoms with Crippen molar-refractivity contribution in [3.63, 3.8) is 0 Å². The Morgan fingerprint density at radius 3 is 2.44 bits per heavy atom. The highest BCUT2D eigenvalue weighted by molar-refractivity contribution is 5.98. The number of H-pyrrole nitrogens is 1. The van der Waals surface area contributed by atoms with Crippen LogP contribution in [-0.4, -0.2) is 38.8 Å². The van der Waals surface area contributed by atoms with Crippen LogP contribution in [0.5, 0.6) is 0 Å². The lowest BCUT2D eigenvalue weighted by atomic mass is 10.0. The van der Waals surface area contributed by atoms with E-state index in [2.05, 4.69) is 20.3 Å². The van der Waals surface area contributed by atoms with Crippen molar-refractivity contribution < 1.29 is 18.0 Å². The summed E-state index contributed by atoms with van der Waals surface area (Å²) < 4.78 is 40.8. The van der Waals surface area contributed by atoms with Crippen molar-refractivity contribution in [2.45, 2.75) is 46.2 Å². The van der Waals surface area contributed by atoms with Crippen LogP contribution < -0.4 is 10.9 Å². The van der Waals surface area contributed by atoms with E-state index in [0.29, 0.717) is 11.2 Å². The van der Waals surface area contributed by atoms with Crippen molar-refractivity contribution in [1.29, 1.82) is 0 Å². The lowest BCUT2D eigenvalue weighted by Crippen LogP contribution is -2.36. The van der Waals surface area contributed by atoms with Crippen LogP contribution in [0.15, 0.2) is 29.1 Å². The summed E-state index contributed by atoms with van der Waals surface area (Å²) in [5.74, 6) is -0.916. The molecule has 0 saturated carbocycles. The van der Waals surface area contributed by atoms with E-state index in [-0.39, 0.29) is 28.6 Å². The van der Waals surface area contributed by atoms with Crippen molar-refractivity contribution >= 4 is 22.8 Å². The molecule has 2 aromatic heterocycles. The van der Waals surface area contributed by atoms with Crippen LogP contribution in [0.4, 0.5) is 19.0 Å². The first-order valence-electron chi connectivity index (χ1n) is 10.0. The fraction of sp³-hybridized carbons (Fsp3) is 0.364. The molecular formula is C22H24F3N5O2. The summed E-state index contributed by atoms with van der Waals surface area (Å²) in [5.41, 5.74) is -1.14. The summed E-state index contributed by atoms with van der Waals surface area (Å²) in [6, 6.07) is 4.32. The predicted octanol–water partition coefficient (Wildman–Crippen LogP) is 4.36. The van der Waals surface area contributed by atoms with E-state index >= 15 is 0 Å². The van der Waals surface area contributed by atoms with Gasteiger partial charge in [-0.3, -0.25) is 9.59 Å². The maximum Gasteiger partial charge on any atom is 0.266 e. The number of halogens is 3. The van der Waals surface area contributed by atoms with Gasteiger partial charge in [0.15, 0.2) is 0 Å². The predicted molar refractivity (Wildman–Crippen MR) is 116 cm³/mol. The second-order valence-electron chi connectivity index (χ2n) is 7.82. The largest absolute Gasteiger partial charge is 0.363 e. The Balaban J connectivity index is 2.09. The molecule has 0 saturated heterocycles. The van der Waals surface area contributed by atoms with E-state index in [1.165, 1.54) is 23.1 Å². The number of aromatic nitrogens is 3. The third kappa shape index (κ3) is 4.44. The minimum absolute atomic E-state index is 0.0347.